The molecule has 1 amide bonds. The molecule has 31 heavy (non-hydrogen) atoms. The number of carbonyl (C=O) groups excluding carboxylic acids is 1. The molecular weight excluding hydrogens is 412 g/mol. The van der Waals surface area contributed by atoms with Gasteiger partial charge in [0.05, 0.1) is 25.7 Å². The molecule has 2 heterocycles. The number of nitrogens with one attached hydrogen (secondary N) is 1. The van der Waals surface area contributed by atoms with Gasteiger partial charge in [-0.05, 0) is 35.4 Å². The van der Waals surface area contributed by atoms with E-state index in [1.54, 1.807) is 13.4 Å². The lowest BCUT2D eigenvalue weighted by Gasteiger charge is -2.10. The Bertz CT molecular complexity index is 1110. The molecule has 0 aliphatic carbocycles. The molecule has 0 atom stereocenters. The topological polar surface area (TPSA) is 82.2 Å². The Morgan fingerprint density at radius 3 is 2.55 bits per heavy atom. The van der Waals surface area contributed by atoms with Gasteiger partial charge in [0.15, 0.2) is 10.9 Å². The van der Waals surface area contributed by atoms with Crippen LogP contribution in [0.1, 0.15) is 11.1 Å². The molecule has 0 aliphatic rings. The van der Waals surface area contributed by atoms with Gasteiger partial charge in [-0.15, -0.1) is 10.2 Å². The van der Waals surface area contributed by atoms with Crippen molar-refractivity contribution in [3.05, 3.63) is 84.1 Å². The minimum absolute atomic E-state index is 0.0744. The smallest absolute Gasteiger partial charge is 0.230 e. The lowest BCUT2D eigenvalue weighted by atomic mass is 10.2. The molecule has 0 saturated carbocycles. The third-order valence-corrected chi connectivity index (χ3v) is 5.59. The molecule has 0 bridgehead atoms. The number of thioether (sulfide) groups is 1. The highest BCUT2D eigenvalue weighted by Crippen LogP contribution is 2.25. The van der Waals surface area contributed by atoms with Crippen molar-refractivity contribution in [1.82, 2.24) is 20.1 Å². The van der Waals surface area contributed by atoms with Gasteiger partial charge in [0.25, 0.3) is 0 Å². The highest BCUT2D eigenvalue weighted by atomic mass is 32.2. The summed E-state index contributed by atoms with van der Waals surface area (Å²) in [7, 11) is 1.63. The number of benzene rings is 2. The van der Waals surface area contributed by atoms with Gasteiger partial charge in [-0.1, -0.05) is 54.2 Å². The predicted molar refractivity (Wildman–Crippen MR) is 119 cm³/mol. The molecule has 158 valence electrons. The first kappa shape index (κ1) is 20.7. The molecular formula is C23H22N4O3S. The van der Waals surface area contributed by atoms with E-state index in [9.17, 15) is 4.79 Å². The number of hydrogen-bond donors (Lipinski definition) is 1. The maximum absolute atomic E-state index is 12.4. The van der Waals surface area contributed by atoms with Crippen molar-refractivity contribution in [2.45, 2.75) is 18.2 Å². The van der Waals surface area contributed by atoms with Crippen LogP contribution in [0, 0.1) is 0 Å². The lowest BCUT2D eigenvalue weighted by molar-refractivity contribution is -0.118. The molecule has 2 aromatic heterocycles. The van der Waals surface area contributed by atoms with E-state index >= 15 is 0 Å². The predicted octanol–water partition coefficient (Wildman–Crippen LogP) is 4.00. The zero-order valence-corrected chi connectivity index (χ0v) is 17.8. The third kappa shape index (κ3) is 5.35. The van der Waals surface area contributed by atoms with Crippen LogP contribution >= 0.6 is 11.8 Å². The van der Waals surface area contributed by atoms with E-state index in [0.29, 0.717) is 29.8 Å². The average molecular weight is 435 g/mol. The summed E-state index contributed by atoms with van der Waals surface area (Å²) in [6, 6.07) is 21.3. The molecule has 8 heteroatoms. The summed E-state index contributed by atoms with van der Waals surface area (Å²) >= 11 is 1.35. The second-order valence-electron chi connectivity index (χ2n) is 6.77. The van der Waals surface area contributed by atoms with Crippen molar-refractivity contribution in [2.75, 3.05) is 12.9 Å². The molecule has 7 nitrogen and oxygen atoms in total. The Morgan fingerprint density at radius 2 is 1.84 bits per heavy atom. The summed E-state index contributed by atoms with van der Waals surface area (Å²) in [4.78, 5) is 12.4. The second-order valence-corrected chi connectivity index (χ2v) is 7.71. The molecule has 0 aliphatic heterocycles. The third-order valence-electron chi connectivity index (χ3n) is 4.62. The van der Waals surface area contributed by atoms with E-state index in [1.807, 2.05) is 71.3 Å². The van der Waals surface area contributed by atoms with Crippen LogP contribution in [0.3, 0.4) is 0 Å². The quantitative estimate of drug-likeness (QED) is 0.401. The molecule has 4 aromatic rings. The number of methoxy groups -OCH3 is 1. The Morgan fingerprint density at radius 1 is 1.03 bits per heavy atom. The van der Waals surface area contributed by atoms with Gasteiger partial charge in [0.2, 0.25) is 11.7 Å². The van der Waals surface area contributed by atoms with E-state index in [2.05, 4.69) is 15.5 Å². The summed E-state index contributed by atoms with van der Waals surface area (Å²) in [5, 5.41) is 12.2. The van der Waals surface area contributed by atoms with Crippen LogP contribution < -0.4 is 10.1 Å². The molecule has 0 unspecified atom stereocenters. The summed E-state index contributed by atoms with van der Waals surface area (Å²) in [6.45, 7) is 1.04. The maximum atomic E-state index is 12.4. The number of rotatable bonds is 9. The molecule has 0 radical (unpaired) electrons. The van der Waals surface area contributed by atoms with Crippen LogP contribution in [0.4, 0.5) is 0 Å². The number of amides is 1. The van der Waals surface area contributed by atoms with Crippen molar-refractivity contribution in [2.24, 2.45) is 0 Å². The summed E-state index contributed by atoms with van der Waals surface area (Å²) in [6.07, 6.45) is 1.61. The van der Waals surface area contributed by atoms with E-state index < -0.39 is 0 Å². The first-order valence-corrected chi connectivity index (χ1v) is 10.7. The van der Waals surface area contributed by atoms with Gasteiger partial charge in [0.1, 0.15) is 5.75 Å². The SMILES string of the molecule is COc1ccc(CNC(=O)CSc2nnc(-c3ccco3)n2Cc2ccccc2)cc1. The van der Waals surface area contributed by atoms with E-state index in [0.717, 1.165) is 16.9 Å². The van der Waals surface area contributed by atoms with E-state index in [1.165, 1.54) is 11.8 Å². The van der Waals surface area contributed by atoms with Crippen molar-refractivity contribution < 1.29 is 13.9 Å². The van der Waals surface area contributed by atoms with Crippen LogP contribution in [0.25, 0.3) is 11.6 Å². The van der Waals surface area contributed by atoms with Crippen LogP contribution in [-0.4, -0.2) is 33.5 Å². The Balaban J connectivity index is 1.42. The van der Waals surface area contributed by atoms with Gasteiger partial charge in [0, 0.05) is 6.54 Å². The first-order chi connectivity index (χ1) is 15.2. The van der Waals surface area contributed by atoms with Crippen LogP contribution in [0.2, 0.25) is 0 Å². The highest BCUT2D eigenvalue weighted by molar-refractivity contribution is 7.99. The van der Waals surface area contributed by atoms with Gasteiger partial charge >= 0.3 is 0 Å². The fraction of sp³-hybridized carbons (Fsp3) is 0.174. The summed E-state index contributed by atoms with van der Waals surface area (Å²) in [5.74, 6) is 2.22. The number of furan rings is 1. The molecule has 0 saturated heterocycles. The molecule has 0 fully saturated rings. The van der Waals surface area contributed by atoms with Crippen molar-refractivity contribution in [3.8, 4) is 17.3 Å². The number of carbonyl (C=O) groups is 1. The Labute approximate surface area is 184 Å². The van der Waals surface area contributed by atoms with Crippen LogP contribution in [0.5, 0.6) is 5.75 Å². The fourth-order valence-corrected chi connectivity index (χ4v) is 3.78. The average Bonchev–Trinajstić information content (AvgIpc) is 3.47. The molecule has 0 spiro atoms. The summed E-state index contributed by atoms with van der Waals surface area (Å²) < 4.78 is 12.6. The number of hydrogen-bond acceptors (Lipinski definition) is 6. The number of aromatic nitrogens is 3. The normalized spacial score (nSPS) is 10.7. The van der Waals surface area contributed by atoms with Crippen molar-refractivity contribution in [1.29, 1.82) is 0 Å². The van der Waals surface area contributed by atoms with E-state index in [4.69, 9.17) is 9.15 Å². The van der Waals surface area contributed by atoms with E-state index in [-0.39, 0.29) is 11.7 Å². The zero-order valence-electron chi connectivity index (χ0n) is 17.0. The van der Waals surface area contributed by atoms with Gasteiger partial charge in [-0.2, -0.15) is 0 Å². The monoisotopic (exact) mass is 434 g/mol. The Hall–Kier alpha value is -3.52. The largest absolute Gasteiger partial charge is 0.497 e. The molecule has 4 rings (SSSR count). The van der Waals surface area contributed by atoms with Crippen LogP contribution in [0.15, 0.2) is 82.6 Å². The van der Waals surface area contributed by atoms with Crippen LogP contribution in [-0.2, 0) is 17.9 Å². The van der Waals surface area contributed by atoms with Gasteiger partial charge in [-0.25, -0.2) is 0 Å². The summed E-state index contributed by atoms with van der Waals surface area (Å²) in [5.41, 5.74) is 2.12. The maximum Gasteiger partial charge on any atom is 0.230 e. The minimum Gasteiger partial charge on any atom is -0.497 e. The first-order valence-electron chi connectivity index (χ1n) is 9.76. The lowest BCUT2D eigenvalue weighted by Crippen LogP contribution is -2.24. The van der Waals surface area contributed by atoms with Gasteiger partial charge < -0.3 is 14.5 Å². The number of nitrogens with zero attached hydrogens (tertiary/aromatic N) is 3. The minimum atomic E-state index is -0.0744. The molecule has 1 N–H and O–H groups in total. The highest BCUT2D eigenvalue weighted by Gasteiger charge is 2.17. The fourth-order valence-electron chi connectivity index (χ4n) is 3.02. The Kier molecular flexibility index (Phi) is 6.68. The second kappa shape index (κ2) is 9.99. The van der Waals surface area contributed by atoms with Crippen molar-refractivity contribution >= 4 is 17.7 Å². The van der Waals surface area contributed by atoms with Gasteiger partial charge in [-0.3, -0.25) is 9.36 Å². The van der Waals surface area contributed by atoms with Crippen molar-refractivity contribution in [3.63, 3.8) is 0 Å². The molecule has 2 aromatic carbocycles. The number of ether oxygens (including phenoxy) is 1. The zero-order chi connectivity index (χ0) is 21.5. The standard InChI is InChI=1S/C23H22N4O3S/c1-29-19-11-9-17(10-12-19)14-24-21(28)16-31-23-26-25-22(20-8-5-13-30-20)27(23)15-18-6-3-2-4-7-18/h2-13H,14-16H2,1H3,(H,24,28).